The van der Waals surface area contributed by atoms with Crippen molar-refractivity contribution in [3.05, 3.63) is 22.9 Å². The van der Waals surface area contributed by atoms with E-state index in [9.17, 15) is 4.79 Å². The molecular weight excluding hydrogens is 334 g/mol. The van der Waals surface area contributed by atoms with Crippen LogP contribution in [0.1, 0.15) is 68.2 Å². The normalized spacial score (nSPS) is 15.8. The number of nitrogens with zero attached hydrogens (tertiary/aromatic N) is 5. The van der Waals surface area contributed by atoms with Gasteiger partial charge in [-0.1, -0.05) is 44.9 Å². The number of amides is 1. The topological polar surface area (TPSA) is 88.5 Å². The van der Waals surface area contributed by atoms with Crippen molar-refractivity contribution in [3.8, 4) is 0 Å². The first-order valence-corrected chi connectivity index (χ1v) is 9.03. The summed E-state index contributed by atoms with van der Waals surface area (Å²) in [6.07, 6.45) is 0. The molecule has 0 aromatic carbocycles. The first kappa shape index (κ1) is 18.4. The van der Waals surface area contributed by atoms with Crippen LogP contribution in [0.15, 0.2) is 8.94 Å². The molecule has 8 heteroatoms. The van der Waals surface area contributed by atoms with E-state index >= 15 is 0 Å². The van der Waals surface area contributed by atoms with Crippen molar-refractivity contribution in [2.75, 3.05) is 31.1 Å². The zero-order valence-electron chi connectivity index (χ0n) is 16.4. The second kappa shape index (κ2) is 6.74. The van der Waals surface area contributed by atoms with Crippen molar-refractivity contribution in [3.63, 3.8) is 0 Å². The molecule has 1 aliphatic heterocycles. The van der Waals surface area contributed by atoms with Gasteiger partial charge < -0.3 is 18.7 Å². The lowest BCUT2D eigenvalue weighted by molar-refractivity contribution is 0.0741. The van der Waals surface area contributed by atoms with Crippen LogP contribution in [0.25, 0.3) is 0 Å². The largest absolute Gasteiger partial charge is 0.408 e. The molecule has 0 saturated carbocycles. The van der Waals surface area contributed by atoms with Crippen molar-refractivity contribution in [1.29, 1.82) is 0 Å². The summed E-state index contributed by atoms with van der Waals surface area (Å²) in [5, 5.41) is 12.3. The number of aryl methyl sites for hydroxylation is 1. The Morgan fingerprint density at radius 1 is 1.12 bits per heavy atom. The van der Waals surface area contributed by atoms with E-state index in [1.165, 1.54) is 0 Å². The minimum absolute atomic E-state index is 0.0262. The molecule has 2 aromatic heterocycles. The average Bonchev–Trinajstić information content (AvgIpc) is 3.21. The molecule has 8 nitrogen and oxygen atoms in total. The van der Waals surface area contributed by atoms with E-state index < -0.39 is 0 Å². The number of rotatable bonds is 3. The maximum Gasteiger partial charge on any atom is 0.318 e. The molecule has 0 radical (unpaired) electrons. The van der Waals surface area contributed by atoms with Gasteiger partial charge in [0.2, 0.25) is 5.89 Å². The van der Waals surface area contributed by atoms with Crippen LogP contribution in [0.4, 0.5) is 6.01 Å². The quantitative estimate of drug-likeness (QED) is 0.830. The number of hydrogen-bond donors (Lipinski definition) is 0. The van der Waals surface area contributed by atoms with Gasteiger partial charge in [0.25, 0.3) is 5.91 Å². The van der Waals surface area contributed by atoms with Crippen molar-refractivity contribution >= 4 is 11.9 Å². The first-order valence-electron chi connectivity index (χ1n) is 9.03. The molecule has 1 aliphatic rings. The second-order valence-electron chi connectivity index (χ2n) is 8.07. The van der Waals surface area contributed by atoms with Crippen LogP contribution >= 0.6 is 0 Å². The smallest absolute Gasteiger partial charge is 0.318 e. The molecule has 0 unspecified atom stereocenters. The van der Waals surface area contributed by atoms with Gasteiger partial charge in [-0.2, -0.15) is 0 Å². The Hall–Kier alpha value is -2.38. The Kier molecular flexibility index (Phi) is 4.77. The summed E-state index contributed by atoms with van der Waals surface area (Å²) < 4.78 is 11.0. The number of carbonyl (C=O) groups is 1. The molecule has 142 valence electrons. The summed E-state index contributed by atoms with van der Waals surface area (Å²) >= 11 is 0. The van der Waals surface area contributed by atoms with Gasteiger partial charge >= 0.3 is 6.01 Å². The zero-order chi connectivity index (χ0) is 19.1. The fraction of sp³-hybridized carbons (Fsp3) is 0.667. The van der Waals surface area contributed by atoms with Gasteiger partial charge in [0.15, 0.2) is 0 Å². The minimum atomic E-state index is -0.248. The molecule has 1 amide bonds. The van der Waals surface area contributed by atoms with Gasteiger partial charge in [-0.25, -0.2) is 0 Å². The van der Waals surface area contributed by atoms with E-state index in [-0.39, 0.29) is 17.2 Å². The standard InChI is InChI=1S/C18H27N5O3/c1-11(2)15-19-20-17(25-15)23-9-7-22(8-10-23)16(24)13-12(3)26-21-14(13)18(4,5)6/h11H,7-10H2,1-6H3. The molecule has 2 aromatic rings. The van der Waals surface area contributed by atoms with Gasteiger partial charge in [0, 0.05) is 37.5 Å². The maximum atomic E-state index is 13.0. The Morgan fingerprint density at radius 3 is 2.31 bits per heavy atom. The van der Waals surface area contributed by atoms with Crippen molar-refractivity contribution in [2.45, 2.75) is 52.9 Å². The molecule has 3 rings (SSSR count). The van der Waals surface area contributed by atoms with Gasteiger partial charge in [-0.15, -0.1) is 5.10 Å². The Morgan fingerprint density at radius 2 is 1.77 bits per heavy atom. The molecule has 26 heavy (non-hydrogen) atoms. The van der Waals surface area contributed by atoms with Gasteiger partial charge in [-0.05, 0) is 6.92 Å². The minimum Gasteiger partial charge on any atom is -0.408 e. The zero-order valence-corrected chi connectivity index (χ0v) is 16.4. The van der Waals surface area contributed by atoms with Gasteiger partial charge in [0.05, 0.1) is 0 Å². The third kappa shape index (κ3) is 3.45. The van der Waals surface area contributed by atoms with Crippen LogP contribution in [0.3, 0.4) is 0 Å². The lowest BCUT2D eigenvalue weighted by Gasteiger charge is -2.34. The van der Waals surface area contributed by atoms with Gasteiger partial charge in [-0.3, -0.25) is 4.79 Å². The summed E-state index contributed by atoms with van der Waals surface area (Å²) in [5.74, 6) is 1.38. The average molecular weight is 361 g/mol. The van der Waals surface area contributed by atoms with Crippen molar-refractivity contribution < 1.29 is 13.7 Å². The molecule has 1 fully saturated rings. The molecule has 0 bridgehead atoms. The lowest BCUT2D eigenvalue weighted by Crippen LogP contribution is -2.49. The van der Waals surface area contributed by atoms with Crippen LogP contribution in [-0.4, -0.2) is 52.3 Å². The third-order valence-electron chi connectivity index (χ3n) is 4.55. The van der Waals surface area contributed by atoms with E-state index in [0.717, 1.165) is 0 Å². The highest BCUT2D eigenvalue weighted by molar-refractivity contribution is 5.96. The first-order chi connectivity index (χ1) is 12.2. The fourth-order valence-corrected chi connectivity index (χ4v) is 2.98. The van der Waals surface area contributed by atoms with Crippen molar-refractivity contribution in [1.82, 2.24) is 20.3 Å². The number of hydrogen-bond acceptors (Lipinski definition) is 7. The predicted molar refractivity (Wildman–Crippen MR) is 96.4 cm³/mol. The molecule has 0 aliphatic carbocycles. The Labute approximate surface area is 153 Å². The highest BCUT2D eigenvalue weighted by atomic mass is 16.5. The van der Waals surface area contributed by atoms with Crippen LogP contribution in [0.5, 0.6) is 0 Å². The summed E-state index contributed by atoms with van der Waals surface area (Å²) in [4.78, 5) is 16.9. The van der Waals surface area contributed by atoms with E-state index in [4.69, 9.17) is 8.94 Å². The second-order valence-corrected chi connectivity index (χ2v) is 8.07. The third-order valence-corrected chi connectivity index (χ3v) is 4.55. The van der Waals surface area contributed by atoms with E-state index in [1.807, 2.05) is 44.4 Å². The summed E-state index contributed by atoms with van der Waals surface area (Å²) in [6, 6.07) is 0.525. The molecular formula is C18H27N5O3. The highest BCUT2D eigenvalue weighted by Crippen LogP contribution is 2.28. The van der Waals surface area contributed by atoms with E-state index in [2.05, 4.69) is 15.4 Å². The molecule has 0 N–H and O–H groups in total. The van der Waals surface area contributed by atoms with Crippen LogP contribution < -0.4 is 4.90 Å². The van der Waals surface area contributed by atoms with Crippen LogP contribution in [0, 0.1) is 6.92 Å². The lowest BCUT2D eigenvalue weighted by atomic mass is 9.88. The summed E-state index contributed by atoms with van der Waals surface area (Å²) in [6.45, 7) is 14.4. The fourth-order valence-electron chi connectivity index (χ4n) is 2.98. The molecule has 0 spiro atoms. The van der Waals surface area contributed by atoms with E-state index in [1.54, 1.807) is 6.92 Å². The molecule has 3 heterocycles. The van der Waals surface area contributed by atoms with Crippen molar-refractivity contribution in [2.24, 2.45) is 0 Å². The van der Waals surface area contributed by atoms with E-state index in [0.29, 0.717) is 55.1 Å². The number of piperazine rings is 1. The Bertz CT molecular complexity index is 779. The van der Waals surface area contributed by atoms with Gasteiger partial charge in [0.1, 0.15) is 17.0 Å². The number of carbonyl (C=O) groups excluding carboxylic acids is 1. The molecule has 1 saturated heterocycles. The molecule has 0 atom stereocenters. The number of aromatic nitrogens is 3. The monoisotopic (exact) mass is 361 g/mol. The highest BCUT2D eigenvalue weighted by Gasteiger charge is 2.33. The summed E-state index contributed by atoms with van der Waals surface area (Å²) in [7, 11) is 0. The summed E-state index contributed by atoms with van der Waals surface area (Å²) in [5.41, 5.74) is 1.05. The predicted octanol–water partition coefficient (Wildman–Crippen LogP) is 2.75. The van der Waals surface area contributed by atoms with Crippen LogP contribution in [-0.2, 0) is 5.41 Å². The number of anilines is 1. The Balaban J connectivity index is 1.70. The van der Waals surface area contributed by atoms with Crippen LogP contribution in [0.2, 0.25) is 0 Å². The maximum absolute atomic E-state index is 13.0. The SMILES string of the molecule is Cc1onc(C(C)(C)C)c1C(=O)N1CCN(c2nnc(C(C)C)o2)CC1.